The second-order valence-electron chi connectivity index (χ2n) is 5.10. The van der Waals surface area contributed by atoms with Crippen molar-refractivity contribution in [1.29, 1.82) is 0 Å². The number of nitrogens with one attached hydrogen (secondary N) is 1. The lowest BCUT2D eigenvalue weighted by Crippen LogP contribution is -2.40. The Kier molecular flexibility index (Phi) is 5.23. The molecule has 0 saturated carbocycles. The highest BCUT2D eigenvalue weighted by molar-refractivity contribution is 5.94. The van der Waals surface area contributed by atoms with Crippen molar-refractivity contribution in [3.8, 4) is 5.88 Å². The van der Waals surface area contributed by atoms with E-state index in [0.29, 0.717) is 6.61 Å². The van der Waals surface area contributed by atoms with E-state index in [-0.39, 0.29) is 29.5 Å². The number of carbonyl (C=O) groups is 1. The summed E-state index contributed by atoms with van der Waals surface area (Å²) in [5, 5.41) is 2.79. The van der Waals surface area contributed by atoms with E-state index < -0.39 is 12.8 Å². The van der Waals surface area contributed by atoms with Crippen molar-refractivity contribution in [2.75, 3.05) is 13.2 Å². The van der Waals surface area contributed by atoms with Crippen LogP contribution in [-0.2, 0) is 4.74 Å². The first-order valence-electron chi connectivity index (χ1n) is 6.93. The number of hydrogen-bond donors (Lipinski definition) is 1. The summed E-state index contributed by atoms with van der Waals surface area (Å²) < 4.78 is 46.0. The predicted octanol–water partition coefficient (Wildman–Crippen LogP) is 2.32. The number of carbonyl (C=O) groups excluding carboxylic acids is 1. The molecular formula is C14H17F3N2O3. The summed E-state index contributed by atoms with van der Waals surface area (Å²) in [6.07, 6.45) is -1.38. The van der Waals surface area contributed by atoms with E-state index in [1.54, 1.807) is 0 Å². The molecule has 1 aliphatic rings. The van der Waals surface area contributed by atoms with Crippen molar-refractivity contribution in [2.24, 2.45) is 0 Å². The third kappa shape index (κ3) is 4.87. The summed E-state index contributed by atoms with van der Waals surface area (Å²) in [6.45, 7) is 1.13. The third-order valence-corrected chi connectivity index (χ3v) is 3.26. The van der Waals surface area contributed by atoms with Crippen LogP contribution in [0.4, 0.5) is 13.2 Å². The summed E-state index contributed by atoms with van der Waals surface area (Å²) in [4.78, 5) is 15.7. The van der Waals surface area contributed by atoms with Gasteiger partial charge in [-0.3, -0.25) is 4.79 Å². The summed E-state index contributed by atoms with van der Waals surface area (Å²) in [5.41, 5.74) is 0.254. The maximum atomic E-state index is 12.0. The normalized spacial score (nSPS) is 19.7. The van der Waals surface area contributed by atoms with E-state index in [1.165, 1.54) is 18.3 Å². The lowest BCUT2D eigenvalue weighted by Gasteiger charge is -2.19. The van der Waals surface area contributed by atoms with Gasteiger partial charge in [0.25, 0.3) is 5.91 Å². The highest BCUT2D eigenvalue weighted by Gasteiger charge is 2.28. The molecule has 0 bridgehead atoms. The van der Waals surface area contributed by atoms with Crippen molar-refractivity contribution in [3.63, 3.8) is 0 Å². The van der Waals surface area contributed by atoms with Crippen LogP contribution in [-0.4, -0.2) is 42.4 Å². The van der Waals surface area contributed by atoms with E-state index in [1.807, 2.05) is 6.92 Å². The van der Waals surface area contributed by atoms with Crippen LogP contribution in [0.1, 0.15) is 30.1 Å². The molecule has 5 nitrogen and oxygen atoms in total. The number of hydrogen-bond acceptors (Lipinski definition) is 4. The molecule has 22 heavy (non-hydrogen) atoms. The second kappa shape index (κ2) is 6.95. The van der Waals surface area contributed by atoms with Crippen LogP contribution in [0.5, 0.6) is 5.88 Å². The zero-order valence-corrected chi connectivity index (χ0v) is 12.0. The first-order chi connectivity index (χ1) is 10.3. The SMILES string of the molecule is C[C@@H](NC(=O)c1ccc(OCC(F)(F)F)nc1)[C@@H]1CCCO1. The molecule has 1 saturated heterocycles. The Morgan fingerprint density at radius 1 is 1.55 bits per heavy atom. The quantitative estimate of drug-likeness (QED) is 0.905. The molecule has 2 atom stereocenters. The lowest BCUT2D eigenvalue weighted by molar-refractivity contribution is -0.154. The highest BCUT2D eigenvalue weighted by Crippen LogP contribution is 2.18. The molecule has 1 N–H and O–H groups in total. The number of ether oxygens (including phenoxy) is 2. The molecule has 122 valence electrons. The van der Waals surface area contributed by atoms with Crippen molar-refractivity contribution < 1.29 is 27.4 Å². The van der Waals surface area contributed by atoms with E-state index in [2.05, 4.69) is 15.0 Å². The van der Waals surface area contributed by atoms with Gasteiger partial charge < -0.3 is 14.8 Å². The van der Waals surface area contributed by atoms with Gasteiger partial charge in [-0.2, -0.15) is 13.2 Å². The van der Waals surface area contributed by atoms with Crippen LogP contribution in [0.25, 0.3) is 0 Å². The van der Waals surface area contributed by atoms with Gasteiger partial charge in [-0.25, -0.2) is 4.98 Å². The second-order valence-corrected chi connectivity index (χ2v) is 5.10. The van der Waals surface area contributed by atoms with E-state index in [4.69, 9.17) is 4.74 Å². The topological polar surface area (TPSA) is 60.5 Å². The van der Waals surface area contributed by atoms with Gasteiger partial charge in [0.1, 0.15) is 0 Å². The molecule has 1 aromatic rings. The molecule has 1 fully saturated rings. The average Bonchev–Trinajstić information content (AvgIpc) is 2.99. The predicted molar refractivity (Wildman–Crippen MR) is 71.7 cm³/mol. The maximum absolute atomic E-state index is 12.0. The molecule has 8 heteroatoms. The molecule has 0 radical (unpaired) electrons. The van der Waals surface area contributed by atoms with E-state index in [0.717, 1.165) is 12.8 Å². The number of amides is 1. The van der Waals surface area contributed by atoms with Crippen LogP contribution in [0, 0.1) is 0 Å². The Labute approximate surface area is 125 Å². The molecule has 0 aliphatic carbocycles. The van der Waals surface area contributed by atoms with Crippen molar-refractivity contribution in [2.45, 2.75) is 38.1 Å². The Bertz CT molecular complexity index is 499. The van der Waals surface area contributed by atoms with Crippen LogP contribution < -0.4 is 10.1 Å². The summed E-state index contributed by atoms with van der Waals surface area (Å²) in [5.74, 6) is -0.529. The molecule has 0 aromatic carbocycles. The third-order valence-electron chi connectivity index (χ3n) is 3.26. The summed E-state index contributed by atoms with van der Waals surface area (Å²) >= 11 is 0. The van der Waals surface area contributed by atoms with Gasteiger partial charge in [-0.05, 0) is 25.8 Å². The lowest BCUT2D eigenvalue weighted by atomic mass is 10.1. The maximum Gasteiger partial charge on any atom is 0.422 e. The van der Waals surface area contributed by atoms with E-state index in [9.17, 15) is 18.0 Å². The largest absolute Gasteiger partial charge is 0.468 e. The zero-order valence-electron chi connectivity index (χ0n) is 12.0. The van der Waals surface area contributed by atoms with Crippen LogP contribution in [0.15, 0.2) is 18.3 Å². The van der Waals surface area contributed by atoms with Gasteiger partial charge in [0.15, 0.2) is 6.61 Å². The molecule has 0 unspecified atom stereocenters. The van der Waals surface area contributed by atoms with Gasteiger partial charge in [-0.15, -0.1) is 0 Å². The summed E-state index contributed by atoms with van der Waals surface area (Å²) in [7, 11) is 0. The Morgan fingerprint density at radius 2 is 2.32 bits per heavy atom. The van der Waals surface area contributed by atoms with Crippen molar-refractivity contribution in [1.82, 2.24) is 10.3 Å². The zero-order chi connectivity index (χ0) is 16.2. The first-order valence-corrected chi connectivity index (χ1v) is 6.93. The Balaban J connectivity index is 1.87. The monoisotopic (exact) mass is 318 g/mol. The number of rotatable bonds is 5. The fraction of sp³-hybridized carbons (Fsp3) is 0.571. The molecule has 1 aliphatic heterocycles. The molecular weight excluding hydrogens is 301 g/mol. The fourth-order valence-corrected chi connectivity index (χ4v) is 2.14. The molecule has 2 rings (SSSR count). The number of halogens is 3. The standard InChI is InChI=1S/C14H17F3N2O3/c1-9(11-3-2-6-21-11)19-13(20)10-4-5-12(18-7-10)22-8-14(15,16)17/h4-5,7,9,11H,2-3,6,8H2,1H3,(H,19,20)/t9-,11+/m1/s1. The number of alkyl halides is 3. The minimum atomic E-state index is -4.42. The van der Waals surface area contributed by atoms with Gasteiger partial charge in [0, 0.05) is 18.9 Å². The Hall–Kier alpha value is -1.83. The van der Waals surface area contributed by atoms with Gasteiger partial charge >= 0.3 is 6.18 Å². The number of aromatic nitrogens is 1. The summed E-state index contributed by atoms with van der Waals surface area (Å²) in [6, 6.07) is 2.46. The van der Waals surface area contributed by atoms with Gasteiger partial charge in [0.2, 0.25) is 5.88 Å². The molecule has 1 amide bonds. The molecule has 1 aromatic heterocycles. The average molecular weight is 318 g/mol. The fourth-order valence-electron chi connectivity index (χ4n) is 2.14. The van der Waals surface area contributed by atoms with Gasteiger partial charge in [-0.1, -0.05) is 0 Å². The first kappa shape index (κ1) is 16.5. The van der Waals surface area contributed by atoms with E-state index >= 15 is 0 Å². The van der Waals surface area contributed by atoms with Crippen molar-refractivity contribution >= 4 is 5.91 Å². The Morgan fingerprint density at radius 3 is 2.86 bits per heavy atom. The smallest absolute Gasteiger partial charge is 0.422 e. The highest BCUT2D eigenvalue weighted by atomic mass is 19.4. The minimum Gasteiger partial charge on any atom is -0.468 e. The number of pyridine rings is 1. The van der Waals surface area contributed by atoms with Crippen molar-refractivity contribution in [3.05, 3.63) is 23.9 Å². The van der Waals surface area contributed by atoms with Gasteiger partial charge in [0.05, 0.1) is 17.7 Å². The number of nitrogens with zero attached hydrogens (tertiary/aromatic N) is 1. The van der Waals surface area contributed by atoms with Crippen LogP contribution in [0.3, 0.4) is 0 Å². The van der Waals surface area contributed by atoms with Crippen LogP contribution in [0.2, 0.25) is 0 Å². The molecule has 0 spiro atoms. The van der Waals surface area contributed by atoms with Crippen LogP contribution >= 0.6 is 0 Å². The minimum absolute atomic E-state index is 0.00805. The molecule has 2 heterocycles.